The van der Waals surface area contributed by atoms with Crippen molar-refractivity contribution < 1.29 is 9.59 Å². The summed E-state index contributed by atoms with van der Waals surface area (Å²) in [6, 6.07) is 19.9. The second-order valence-electron chi connectivity index (χ2n) is 10.9. The Morgan fingerprint density at radius 3 is 2.45 bits per heavy atom. The Labute approximate surface area is 262 Å². The summed E-state index contributed by atoms with van der Waals surface area (Å²) in [7, 11) is 0. The first-order chi connectivity index (χ1) is 20.5. The Morgan fingerprint density at radius 2 is 1.74 bits per heavy atom. The summed E-state index contributed by atoms with van der Waals surface area (Å²) in [5, 5.41) is 4.49. The monoisotopic (exact) mass is 678 g/mol. The Hall–Kier alpha value is -3.28. The number of halogens is 1. The second kappa shape index (κ2) is 14.8. The van der Waals surface area contributed by atoms with Gasteiger partial charge in [-0.2, -0.15) is 0 Å². The van der Waals surface area contributed by atoms with Crippen molar-refractivity contribution in [1.82, 2.24) is 20.1 Å². The van der Waals surface area contributed by atoms with E-state index in [4.69, 9.17) is 5.84 Å². The van der Waals surface area contributed by atoms with Crippen molar-refractivity contribution in [3.8, 4) is 0 Å². The molecular formula is C33H39IN6O2. The molecule has 2 aromatic carbocycles. The van der Waals surface area contributed by atoms with Crippen molar-refractivity contribution >= 4 is 51.9 Å². The first kappa shape index (κ1) is 30.2. The molecule has 0 spiro atoms. The third-order valence-corrected chi connectivity index (χ3v) is 9.36. The number of benzene rings is 2. The van der Waals surface area contributed by atoms with E-state index in [1.54, 1.807) is 23.5 Å². The van der Waals surface area contributed by atoms with Crippen molar-refractivity contribution in [3.63, 3.8) is 0 Å². The summed E-state index contributed by atoms with van der Waals surface area (Å²) in [5.74, 6) is 6.59. The van der Waals surface area contributed by atoms with E-state index in [0.717, 1.165) is 54.0 Å². The number of nitrogens with one attached hydrogen (secondary N) is 1. The van der Waals surface area contributed by atoms with Crippen LogP contribution in [0.25, 0.3) is 6.08 Å². The lowest BCUT2D eigenvalue weighted by atomic mass is 9.99. The van der Waals surface area contributed by atoms with Crippen LogP contribution in [0.2, 0.25) is 0 Å². The van der Waals surface area contributed by atoms with Crippen LogP contribution in [-0.4, -0.2) is 58.8 Å². The van der Waals surface area contributed by atoms with Gasteiger partial charge in [0.2, 0.25) is 11.8 Å². The Kier molecular flexibility index (Phi) is 10.6. The minimum atomic E-state index is -0.330. The molecule has 0 radical (unpaired) electrons. The number of piperidine rings is 2. The fraction of sp³-hybridized carbons (Fsp3) is 0.364. The fourth-order valence-corrected chi connectivity index (χ4v) is 6.68. The van der Waals surface area contributed by atoms with Crippen LogP contribution in [0.4, 0.5) is 11.4 Å². The van der Waals surface area contributed by atoms with Gasteiger partial charge in [0, 0.05) is 44.1 Å². The number of para-hydroxylation sites is 1. The van der Waals surface area contributed by atoms with Gasteiger partial charge in [0.25, 0.3) is 0 Å². The fourth-order valence-electron chi connectivity index (χ4n) is 5.76. The van der Waals surface area contributed by atoms with Gasteiger partial charge in [-0.3, -0.25) is 19.6 Å². The first-order valence-electron chi connectivity index (χ1n) is 14.7. The number of alkyl halides is 1. The Bertz CT molecular complexity index is 1350. The molecule has 0 bridgehead atoms. The smallest absolute Gasteiger partial charge is 0.244 e. The highest BCUT2D eigenvalue weighted by Gasteiger charge is 2.31. The van der Waals surface area contributed by atoms with E-state index < -0.39 is 0 Å². The molecule has 2 amide bonds. The minimum absolute atomic E-state index is 0.149. The van der Waals surface area contributed by atoms with Crippen LogP contribution in [0, 0.1) is 0 Å². The number of amides is 2. The quantitative estimate of drug-likeness (QED) is 0.104. The zero-order chi connectivity index (χ0) is 29.3. The van der Waals surface area contributed by atoms with Gasteiger partial charge in [-0.05, 0) is 85.8 Å². The summed E-state index contributed by atoms with van der Waals surface area (Å²) in [5.41, 5.74) is 4.32. The zero-order valence-corrected chi connectivity index (χ0v) is 26.0. The van der Waals surface area contributed by atoms with E-state index >= 15 is 0 Å². The summed E-state index contributed by atoms with van der Waals surface area (Å²) >= 11 is 2.26. The van der Waals surface area contributed by atoms with Crippen LogP contribution in [-0.2, 0) is 16.1 Å². The van der Waals surface area contributed by atoms with Gasteiger partial charge >= 0.3 is 0 Å². The van der Waals surface area contributed by atoms with Gasteiger partial charge < -0.3 is 15.1 Å². The highest BCUT2D eigenvalue weighted by molar-refractivity contribution is 14.1. The minimum Gasteiger partial charge on any atom is -0.348 e. The lowest BCUT2D eigenvalue weighted by Crippen LogP contribution is -2.48. The number of nitrogens with two attached hydrogens (primary N) is 1. The predicted molar refractivity (Wildman–Crippen MR) is 176 cm³/mol. The number of hydrazine groups is 1. The number of carbonyl (C=O) groups excluding carboxylic acids is 2. The highest BCUT2D eigenvalue weighted by atomic mass is 127. The van der Waals surface area contributed by atoms with Crippen molar-refractivity contribution in [1.29, 1.82) is 0 Å². The Balaban J connectivity index is 1.18. The van der Waals surface area contributed by atoms with E-state index in [9.17, 15) is 9.59 Å². The number of hydrogen-bond acceptors (Lipinski definition) is 6. The normalized spacial score (nSPS) is 17.2. The molecule has 2 saturated heterocycles. The number of rotatable bonds is 9. The topological polar surface area (TPSA) is 94.8 Å². The second-order valence-corrected chi connectivity index (χ2v) is 12.2. The van der Waals surface area contributed by atoms with Gasteiger partial charge in [-0.1, -0.05) is 65.4 Å². The molecule has 3 heterocycles. The molecule has 1 unspecified atom stereocenters. The van der Waals surface area contributed by atoms with E-state index in [-0.39, 0.29) is 15.7 Å². The standard InChI is InChI=1S/C33H39IN6O2/c34-32(33(42)39-21-16-27(17-22-39)38-19-4-1-5-20-38)29-8-2-3-9-30(29)40(35)28-13-10-25(11-14-28)12-15-31(41)37-24-26-7-6-18-36-23-26/h2-3,6-15,18,23,27,32H,1,4-5,16-17,19-22,24,35H2,(H,37,41)/b15-12+. The van der Waals surface area contributed by atoms with E-state index in [0.29, 0.717) is 12.6 Å². The third kappa shape index (κ3) is 7.76. The molecule has 42 heavy (non-hydrogen) atoms. The molecule has 5 rings (SSSR count). The number of carbonyl (C=O) groups is 2. The lowest BCUT2D eigenvalue weighted by Gasteiger charge is -2.40. The number of nitrogens with zero attached hydrogens (tertiary/aromatic N) is 4. The maximum absolute atomic E-state index is 13.6. The molecule has 0 aliphatic carbocycles. The number of hydrogen-bond donors (Lipinski definition) is 2. The highest BCUT2D eigenvalue weighted by Crippen LogP contribution is 2.36. The predicted octanol–water partition coefficient (Wildman–Crippen LogP) is 5.38. The summed E-state index contributed by atoms with van der Waals surface area (Å²) in [6.07, 6.45) is 12.8. The number of likely N-dealkylation sites (tertiary alicyclic amines) is 2. The summed E-state index contributed by atoms with van der Waals surface area (Å²) in [6.45, 7) is 4.45. The zero-order valence-electron chi connectivity index (χ0n) is 23.9. The molecule has 3 aromatic rings. The number of pyridine rings is 1. The van der Waals surface area contributed by atoms with Crippen molar-refractivity contribution in [2.24, 2.45) is 5.84 Å². The van der Waals surface area contributed by atoms with Crippen LogP contribution in [0.3, 0.4) is 0 Å². The molecule has 1 aromatic heterocycles. The number of anilines is 2. The Morgan fingerprint density at radius 1 is 1.00 bits per heavy atom. The van der Waals surface area contributed by atoms with E-state index in [2.05, 4.69) is 37.8 Å². The van der Waals surface area contributed by atoms with Crippen LogP contribution < -0.4 is 16.2 Å². The molecule has 2 aliphatic heterocycles. The van der Waals surface area contributed by atoms with Crippen LogP contribution in [0.15, 0.2) is 79.1 Å². The molecule has 2 fully saturated rings. The summed E-state index contributed by atoms with van der Waals surface area (Å²) in [4.78, 5) is 34.5. The van der Waals surface area contributed by atoms with E-state index in [1.807, 2.05) is 65.6 Å². The SMILES string of the molecule is NN(c1ccc(/C=C/C(=O)NCc2cccnc2)cc1)c1ccccc1C(I)C(=O)N1CCC(N2CCCCC2)CC1. The average molecular weight is 679 g/mol. The van der Waals surface area contributed by atoms with Crippen molar-refractivity contribution in [2.75, 3.05) is 31.2 Å². The van der Waals surface area contributed by atoms with Gasteiger partial charge in [-0.15, -0.1) is 0 Å². The largest absolute Gasteiger partial charge is 0.348 e. The number of aromatic nitrogens is 1. The van der Waals surface area contributed by atoms with Crippen LogP contribution in [0.5, 0.6) is 0 Å². The molecule has 3 N–H and O–H groups in total. The van der Waals surface area contributed by atoms with Crippen LogP contribution in [0.1, 0.15) is 52.7 Å². The molecule has 8 nitrogen and oxygen atoms in total. The van der Waals surface area contributed by atoms with Gasteiger partial charge in [0.05, 0.1) is 11.4 Å². The van der Waals surface area contributed by atoms with Gasteiger partial charge in [-0.25, -0.2) is 5.84 Å². The molecular weight excluding hydrogens is 639 g/mol. The first-order valence-corrected chi connectivity index (χ1v) is 16.0. The summed E-state index contributed by atoms with van der Waals surface area (Å²) < 4.78 is -0.330. The maximum Gasteiger partial charge on any atom is 0.244 e. The molecule has 220 valence electrons. The van der Waals surface area contributed by atoms with Crippen molar-refractivity contribution in [3.05, 3.63) is 95.8 Å². The maximum atomic E-state index is 13.6. The van der Waals surface area contributed by atoms with Crippen molar-refractivity contribution in [2.45, 2.75) is 48.6 Å². The molecule has 0 saturated carbocycles. The van der Waals surface area contributed by atoms with Crippen LogP contribution >= 0.6 is 22.6 Å². The lowest BCUT2D eigenvalue weighted by molar-refractivity contribution is -0.132. The average Bonchev–Trinajstić information content (AvgIpc) is 3.06. The molecule has 2 aliphatic rings. The van der Waals surface area contributed by atoms with Gasteiger partial charge in [0.1, 0.15) is 3.92 Å². The molecule has 1 atom stereocenters. The molecule has 9 heteroatoms. The van der Waals surface area contributed by atoms with E-state index in [1.165, 1.54) is 38.4 Å². The van der Waals surface area contributed by atoms with Gasteiger partial charge in [0.15, 0.2) is 0 Å². The third-order valence-electron chi connectivity index (χ3n) is 8.16.